The number of carboxylic acid groups (broad SMARTS) is 1. The number of carboxylic acids is 1. The van der Waals surface area contributed by atoms with Gasteiger partial charge in [0.1, 0.15) is 12.6 Å². The van der Waals surface area contributed by atoms with E-state index in [0.717, 1.165) is 4.90 Å². The van der Waals surface area contributed by atoms with E-state index in [4.69, 9.17) is 5.11 Å². The van der Waals surface area contributed by atoms with Crippen LogP contribution in [0.4, 0.5) is 4.79 Å². The molecule has 104 valence electrons. The first-order valence-corrected chi connectivity index (χ1v) is 5.78. The van der Waals surface area contributed by atoms with Crippen molar-refractivity contribution in [2.45, 2.75) is 6.04 Å². The second kappa shape index (κ2) is 6.58. The number of carbonyl (C=O) groups excluding carboxylic acids is 2. The van der Waals surface area contributed by atoms with Gasteiger partial charge < -0.3 is 15.3 Å². The Kier molecular flexibility index (Phi) is 5.11. The van der Waals surface area contributed by atoms with Crippen molar-refractivity contribution in [1.29, 1.82) is 0 Å². The van der Waals surface area contributed by atoms with Crippen molar-refractivity contribution >= 4 is 17.9 Å². The molecule has 7 nitrogen and oxygen atoms in total. The monoisotopic (exact) mass is 267 g/mol. The Bertz CT molecular complexity index is 398. The summed E-state index contributed by atoms with van der Waals surface area (Å²) in [6.45, 7) is 7.24. The van der Waals surface area contributed by atoms with E-state index in [9.17, 15) is 14.4 Å². The largest absolute Gasteiger partial charge is 0.480 e. The second-order valence-electron chi connectivity index (χ2n) is 4.05. The molecular weight excluding hydrogens is 250 g/mol. The fraction of sp³-hybridized carbons (Fsp3) is 0.417. The molecule has 19 heavy (non-hydrogen) atoms. The Morgan fingerprint density at radius 3 is 2.47 bits per heavy atom. The van der Waals surface area contributed by atoms with E-state index in [1.807, 2.05) is 0 Å². The number of aliphatic carboxylic acids is 1. The van der Waals surface area contributed by atoms with Gasteiger partial charge in [-0.2, -0.15) is 0 Å². The molecule has 1 fully saturated rings. The van der Waals surface area contributed by atoms with Crippen molar-refractivity contribution in [2.75, 3.05) is 26.2 Å². The zero-order valence-corrected chi connectivity index (χ0v) is 10.5. The van der Waals surface area contributed by atoms with Crippen LogP contribution < -0.4 is 5.32 Å². The van der Waals surface area contributed by atoms with Gasteiger partial charge in [-0.05, 0) is 0 Å². The molecule has 0 saturated carbocycles. The van der Waals surface area contributed by atoms with E-state index in [-0.39, 0.29) is 32.1 Å². The van der Waals surface area contributed by atoms with Gasteiger partial charge in [-0.3, -0.25) is 9.69 Å². The average molecular weight is 267 g/mol. The zero-order valence-electron chi connectivity index (χ0n) is 10.5. The topological polar surface area (TPSA) is 90.0 Å². The molecule has 1 aliphatic rings. The number of hydrogen-bond acceptors (Lipinski definition) is 3. The van der Waals surface area contributed by atoms with Crippen LogP contribution in [0.1, 0.15) is 0 Å². The summed E-state index contributed by atoms with van der Waals surface area (Å²) in [5.41, 5.74) is 0. The molecule has 1 atom stereocenters. The molecule has 7 heteroatoms. The number of carbonyl (C=O) groups is 3. The molecule has 0 bridgehead atoms. The number of amides is 3. The molecule has 3 amide bonds. The highest BCUT2D eigenvalue weighted by Gasteiger charge is 2.36. The highest BCUT2D eigenvalue weighted by atomic mass is 16.4. The van der Waals surface area contributed by atoms with Crippen molar-refractivity contribution in [3.63, 3.8) is 0 Å². The summed E-state index contributed by atoms with van der Waals surface area (Å²) in [5.74, 6) is -1.52. The van der Waals surface area contributed by atoms with Gasteiger partial charge in [0.05, 0.1) is 0 Å². The third kappa shape index (κ3) is 3.57. The predicted molar refractivity (Wildman–Crippen MR) is 68.5 cm³/mol. The molecule has 1 rings (SSSR count). The number of piperazine rings is 1. The van der Waals surface area contributed by atoms with Crippen LogP contribution in [0.25, 0.3) is 0 Å². The summed E-state index contributed by atoms with van der Waals surface area (Å²) in [6.07, 6.45) is 3.06. The molecular formula is C12H17N3O4. The Morgan fingerprint density at radius 2 is 2.00 bits per heavy atom. The molecule has 2 N–H and O–H groups in total. The van der Waals surface area contributed by atoms with E-state index in [2.05, 4.69) is 18.5 Å². The minimum atomic E-state index is -1.15. The number of hydrogen-bond donors (Lipinski definition) is 2. The van der Waals surface area contributed by atoms with Gasteiger partial charge in [0.15, 0.2) is 0 Å². The van der Waals surface area contributed by atoms with Crippen LogP contribution in [0.5, 0.6) is 0 Å². The lowest BCUT2D eigenvalue weighted by Crippen LogP contribution is -2.61. The smallest absolute Gasteiger partial charge is 0.328 e. The van der Waals surface area contributed by atoms with E-state index in [1.54, 1.807) is 0 Å². The van der Waals surface area contributed by atoms with Gasteiger partial charge in [-0.25, -0.2) is 9.59 Å². The molecule has 0 aliphatic carbocycles. The van der Waals surface area contributed by atoms with Crippen molar-refractivity contribution < 1.29 is 19.5 Å². The number of nitrogens with zero attached hydrogens (tertiary/aromatic N) is 2. The summed E-state index contributed by atoms with van der Waals surface area (Å²) >= 11 is 0. The molecule has 1 unspecified atom stereocenters. The quantitative estimate of drug-likeness (QED) is 0.667. The van der Waals surface area contributed by atoms with Gasteiger partial charge in [0.2, 0.25) is 5.91 Å². The van der Waals surface area contributed by atoms with Crippen LogP contribution in [0.3, 0.4) is 0 Å². The molecule has 1 heterocycles. The third-order valence-electron chi connectivity index (χ3n) is 2.68. The van der Waals surface area contributed by atoms with Crippen molar-refractivity contribution in [1.82, 2.24) is 15.1 Å². The Balaban J connectivity index is 2.89. The minimum Gasteiger partial charge on any atom is -0.480 e. The van der Waals surface area contributed by atoms with Crippen molar-refractivity contribution in [2.24, 2.45) is 0 Å². The van der Waals surface area contributed by atoms with E-state index < -0.39 is 18.0 Å². The highest BCUT2D eigenvalue weighted by Crippen LogP contribution is 2.09. The van der Waals surface area contributed by atoms with Crippen molar-refractivity contribution in [3.05, 3.63) is 25.3 Å². The number of urea groups is 1. The first-order valence-electron chi connectivity index (χ1n) is 5.78. The maximum Gasteiger partial charge on any atom is 0.328 e. The van der Waals surface area contributed by atoms with Crippen LogP contribution in [0, 0.1) is 0 Å². The number of rotatable bonds is 5. The molecule has 1 saturated heterocycles. The van der Waals surface area contributed by atoms with Gasteiger partial charge in [-0.15, -0.1) is 13.2 Å². The lowest BCUT2D eigenvalue weighted by Gasteiger charge is -2.36. The fourth-order valence-corrected chi connectivity index (χ4v) is 1.79. The summed E-state index contributed by atoms with van der Waals surface area (Å²) in [7, 11) is 0. The van der Waals surface area contributed by atoms with Crippen LogP contribution in [-0.4, -0.2) is 65.0 Å². The van der Waals surface area contributed by atoms with Gasteiger partial charge in [0.25, 0.3) is 0 Å². The summed E-state index contributed by atoms with van der Waals surface area (Å²) in [6, 6.07) is -1.57. The average Bonchev–Trinajstić information content (AvgIpc) is 2.37. The Hall–Kier alpha value is -2.31. The van der Waals surface area contributed by atoms with Crippen LogP contribution in [-0.2, 0) is 9.59 Å². The molecule has 0 aromatic carbocycles. The number of nitrogens with one attached hydrogen (secondary N) is 1. The van der Waals surface area contributed by atoms with Crippen LogP contribution >= 0.6 is 0 Å². The summed E-state index contributed by atoms with van der Waals surface area (Å²) in [5, 5.41) is 11.5. The normalized spacial score (nSPS) is 18.4. The first-order chi connectivity index (χ1) is 9.01. The Labute approximate surface area is 111 Å². The lowest BCUT2D eigenvalue weighted by molar-refractivity contribution is -0.144. The predicted octanol–water partition coefficient (Wildman–Crippen LogP) is -0.335. The van der Waals surface area contributed by atoms with Gasteiger partial charge >= 0.3 is 12.0 Å². The van der Waals surface area contributed by atoms with Gasteiger partial charge in [-0.1, -0.05) is 12.2 Å². The SMILES string of the molecule is C=CCN(CC=C)C(=O)N1CC(=O)NCC1C(=O)O. The molecule has 1 aliphatic heterocycles. The van der Waals surface area contributed by atoms with Crippen molar-refractivity contribution in [3.8, 4) is 0 Å². The lowest BCUT2D eigenvalue weighted by atomic mass is 10.2. The van der Waals surface area contributed by atoms with Crippen LogP contribution in [0.15, 0.2) is 25.3 Å². The summed E-state index contributed by atoms with van der Waals surface area (Å²) < 4.78 is 0. The third-order valence-corrected chi connectivity index (χ3v) is 2.68. The van der Waals surface area contributed by atoms with E-state index in [0.29, 0.717) is 0 Å². The Morgan fingerprint density at radius 1 is 1.42 bits per heavy atom. The molecule has 0 radical (unpaired) electrons. The molecule has 0 aromatic rings. The van der Waals surface area contributed by atoms with E-state index in [1.165, 1.54) is 17.1 Å². The molecule has 0 aromatic heterocycles. The second-order valence-corrected chi connectivity index (χ2v) is 4.05. The highest BCUT2D eigenvalue weighted by molar-refractivity contribution is 5.90. The zero-order chi connectivity index (χ0) is 14.4. The first kappa shape index (κ1) is 14.7. The fourth-order valence-electron chi connectivity index (χ4n) is 1.79. The summed E-state index contributed by atoms with van der Waals surface area (Å²) in [4.78, 5) is 37.1. The van der Waals surface area contributed by atoms with Gasteiger partial charge in [0, 0.05) is 19.6 Å². The standard InChI is InChI=1S/C12H17N3O4/c1-3-5-14(6-4-2)12(19)15-8-10(16)13-7-9(15)11(17)18/h3-4,9H,1-2,5-8H2,(H,13,16)(H,17,18). The van der Waals surface area contributed by atoms with E-state index >= 15 is 0 Å². The maximum absolute atomic E-state index is 12.3. The maximum atomic E-state index is 12.3. The molecule has 0 spiro atoms. The van der Waals surface area contributed by atoms with Crippen LogP contribution in [0.2, 0.25) is 0 Å². The minimum absolute atomic E-state index is 0.0874.